The second-order valence-corrected chi connectivity index (χ2v) is 5.23. The van der Waals surface area contributed by atoms with Crippen LogP contribution in [0.5, 0.6) is 0 Å². The molecule has 1 heteroatoms. The summed E-state index contributed by atoms with van der Waals surface area (Å²) < 4.78 is 0. The van der Waals surface area contributed by atoms with Crippen LogP contribution in [0.25, 0.3) is 0 Å². The average Bonchev–Trinajstić information content (AvgIpc) is 2.27. The van der Waals surface area contributed by atoms with Crippen molar-refractivity contribution in [2.24, 2.45) is 5.92 Å². The van der Waals surface area contributed by atoms with Crippen molar-refractivity contribution in [1.29, 1.82) is 0 Å². The van der Waals surface area contributed by atoms with Gasteiger partial charge in [0.15, 0.2) is 0 Å². The Labute approximate surface area is 108 Å². The minimum Gasteiger partial charge on any atom is -0.396 e. The van der Waals surface area contributed by atoms with E-state index in [4.69, 9.17) is 5.11 Å². The van der Waals surface area contributed by atoms with Gasteiger partial charge in [0.25, 0.3) is 0 Å². The maximum atomic E-state index is 8.84. The Hall–Kier alpha value is -0.560. The highest BCUT2D eigenvalue weighted by Gasteiger charge is 2.00. The number of aliphatic hydroxyl groups excluding tert-OH is 1. The molecule has 0 unspecified atom stereocenters. The second kappa shape index (κ2) is 10.6. The molecular weight excluding hydrogens is 208 g/mol. The standard InChI is InChI=1S/C16H30O/c1-5-16(10-6-8-14(2)3)11-7-9-15(4)12-13-17/h8,11,15,17H,5-7,9-10,12-13H2,1-4H3/b16-11+/t15-/m0/s1. The molecule has 100 valence electrons. The third-order valence-electron chi connectivity index (χ3n) is 3.19. The average molecular weight is 238 g/mol. The summed E-state index contributed by atoms with van der Waals surface area (Å²) >= 11 is 0. The summed E-state index contributed by atoms with van der Waals surface area (Å²) in [6.45, 7) is 9.11. The van der Waals surface area contributed by atoms with E-state index in [1.165, 1.54) is 37.7 Å². The van der Waals surface area contributed by atoms with Crippen LogP contribution in [-0.2, 0) is 0 Å². The predicted molar refractivity (Wildman–Crippen MR) is 77.1 cm³/mol. The molecule has 0 fully saturated rings. The summed E-state index contributed by atoms with van der Waals surface area (Å²) in [5.74, 6) is 0.645. The Balaban J connectivity index is 3.88. The maximum absolute atomic E-state index is 8.84. The molecule has 0 saturated carbocycles. The summed E-state index contributed by atoms with van der Waals surface area (Å²) in [4.78, 5) is 0. The number of rotatable bonds is 9. The van der Waals surface area contributed by atoms with Crippen molar-refractivity contribution in [2.75, 3.05) is 6.61 Å². The van der Waals surface area contributed by atoms with Gasteiger partial charge in [-0.3, -0.25) is 0 Å². The summed E-state index contributed by atoms with van der Waals surface area (Å²) in [5.41, 5.74) is 3.00. The van der Waals surface area contributed by atoms with E-state index in [0.717, 1.165) is 6.42 Å². The topological polar surface area (TPSA) is 20.2 Å². The van der Waals surface area contributed by atoms with Crippen LogP contribution in [-0.4, -0.2) is 11.7 Å². The zero-order valence-corrected chi connectivity index (χ0v) is 12.1. The van der Waals surface area contributed by atoms with Gasteiger partial charge >= 0.3 is 0 Å². The van der Waals surface area contributed by atoms with Crippen molar-refractivity contribution in [3.63, 3.8) is 0 Å². The lowest BCUT2D eigenvalue weighted by atomic mass is 9.99. The summed E-state index contributed by atoms with van der Waals surface area (Å²) in [6, 6.07) is 0. The van der Waals surface area contributed by atoms with Crippen LogP contribution in [0.1, 0.15) is 66.2 Å². The summed E-state index contributed by atoms with van der Waals surface area (Å²) in [5, 5.41) is 8.84. The summed E-state index contributed by atoms with van der Waals surface area (Å²) in [6.07, 6.45) is 11.6. The smallest absolute Gasteiger partial charge is 0.0433 e. The Kier molecular flexibility index (Phi) is 10.2. The lowest BCUT2D eigenvalue weighted by Gasteiger charge is -2.08. The molecule has 0 amide bonds. The van der Waals surface area contributed by atoms with Crippen LogP contribution in [0.15, 0.2) is 23.3 Å². The highest BCUT2D eigenvalue weighted by Crippen LogP contribution is 2.16. The minimum atomic E-state index is 0.325. The zero-order valence-electron chi connectivity index (χ0n) is 12.1. The number of allylic oxidation sites excluding steroid dienone is 4. The summed E-state index contributed by atoms with van der Waals surface area (Å²) in [7, 11) is 0. The van der Waals surface area contributed by atoms with E-state index in [1.807, 2.05) is 0 Å². The molecule has 0 aliphatic carbocycles. The molecule has 0 saturated heterocycles. The lowest BCUT2D eigenvalue weighted by molar-refractivity contribution is 0.259. The van der Waals surface area contributed by atoms with Crippen LogP contribution < -0.4 is 0 Å². The fourth-order valence-corrected chi connectivity index (χ4v) is 1.91. The lowest BCUT2D eigenvalue weighted by Crippen LogP contribution is -1.97. The van der Waals surface area contributed by atoms with Gasteiger partial charge in [-0.2, -0.15) is 0 Å². The molecule has 0 aromatic rings. The van der Waals surface area contributed by atoms with Crippen molar-refractivity contribution in [3.8, 4) is 0 Å². The predicted octanol–water partition coefficient (Wildman–Crippen LogP) is 4.87. The first kappa shape index (κ1) is 16.4. The Morgan fingerprint density at radius 1 is 1.12 bits per heavy atom. The fourth-order valence-electron chi connectivity index (χ4n) is 1.91. The van der Waals surface area contributed by atoms with Gasteiger partial charge in [0.05, 0.1) is 0 Å². The number of aliphatic hydroxyl groups is 1. The van der Waals surface area contributed by atoms with Gasteiger partial charge < -0.3 is 5.11 Å². The quantitative estimate of drug-likeness (QED) is 0.568. The van der Waals surface area contributed by atoms with Crippen molar-refractivity contribution in [2.45, 2.75) is 66.2 Å². The molecule has 0 heterocycles. The Morgan fingerprint density at radius 3 is 2.35 bits per heavy atom. The molecule has 0 spiro atoms. The van der Waals surface area contributed by atoms with Crippen molar-refractivity contribution in [3.05, 3.63) is 23.3 Å². The van der Waals surface area contributed by atoms with Crippen LogP contribution >= 0.6 is 0 Å². The highest BCUT2D eigenvalue weighted by molar-refractivity contribution is 5.04. The molecule has 0 aliphatic rings. The van der Waals surface area contributed by atoms with Crippen molar-refractivity contribution >= 4 is 0 Å². The molecule has 0 aromatic heterocycles. The molecule has 0 rings (SSSR count). The van der Waals surface area contributed by atoms with Gasteiger partial charge in [0.2, 0.25) is 0 Å². The largest absolute Gasteiger partial charge is 0.396 e. The van der Waals surface area contributed by atoms with E-state index in [-0.39, 0.29) is 0 Å². The van der Waals surface area contributed by atoms with Crippen LogP contribution in [0.4, 0.5) is 0 Å². The van der Waals surface area contributed by atoms with Gasteiger partial charge in [0, 0.05) is 6.61 Å². The molecule has 1 N–H and O–H groups in total. The normalized spacial score (nSPS) is 13.6. The first-order chi connectivity index (χ1) is 8.10. The van der Waals surface area contributed by atoms with Gasteiger partial charge in [-0.05, 0) is 58.3 Å². The monoisotopic (exact) mass is 238 g/mol. The molecule has 0 aromatic carbocycles. The van der Waals surface area contributed by atoms with Crippen molar-refractivity contribution in [1.82, 2.24) is 0 Å². The number of hydrogen-bond acceptors (Lipinski definition) is 1. The van der Waals surface area contributed by atoms with Gasteiger partial charge in [-0.25, -0.2) is 0 Å². The highest BCUT2D eigenvalue weighted by atomic mass is 16.3. The van der Waals surface area contributed by atoms with Gasteiger partial charge in [-0.1, -0.05) is 37.1 Å². The molecular formula is C16H30O. The SMILES string of the molecule is CC/C(=C\CC[C@H](C)CCO)CCC=C(C)C. The molecule has 0 radical (unpaired) electrons. The van der Waals surface area contributed by atoms with E-state index in [0.29, 0.717) is 12.5 Å². The van der Waals surface area contributed by atoms with E-state index >= 15 is 0 Å². The molecule has 0 aliphatic heterocycles. The van der Waals surface area contributed by atoms with E-state index < -0.39 is 0 Å². The third-order valence-corrected chi connectivity index (χ3v) is 3.19. The minimum absolute atomic E-state index is 0.325. The van der Waals surface area contributed by atoms with Gasteiger partial charge in [-0.15, -0.1) is 0 Å². The maximum Gasteiger partial charge on any atom is 0.0433 e. The Bertz CT molecular complexity index is 234. The van der Waals surface area contributed by atoms with E-state index in [2.05, 4.69) is 39.8 Å². The fraction of sp³-hybridized carbons (Fsp3) is 0.750. The van der Waals surface area contributed by atoms with E-state index in [9.17, 15) is 0 Å². The first-order valence-electron chi connectivity index (χ1n) is 7.02. The molecule has 17 heavy (non-hydrogen) atoms. The van der Waals surface area contributed by atoms with Crippen LogP contribution in [0, 0.1) is 5.92 Å². The number of hydrogen-bond donors (Lipinski definition) is 1. The molecule has 1 atom stereocenters. The van der Waals surface area contributed by atoms with Gasteiger partial charge in [0.1, 0.15) is 0 Å². The third kappa shape index (κ3) is 10.3. The Morgan fingerprint density at radius 2 is 1.82 bits per heavy atom. The van der Waals surface area contributed by atoms with Crippen LogP contribution in [0.3, 0.4) is 0 Å². The molecule has 1 nitrogen and oxygen atoms in total. The second-order valence-electron chi connectivity index (χ2n) is 5.23. The van der Waals surface area contributed by atoms with Crippen LogP contribution in [0.2, 0.25) is 0 Å². The zero-order chi connectivity index (χ0) is 13.1. The van der Waals surface area contributed by atoms with E-state index in [1.54, 1.807) is 5.57 Å². The first-order valence-corrected chi connectivity index (χ1v) is 7.02. The van der Waals surface area contributed by atoms with Crippen molar-refractivity contribution < 1.29 is 5.11 Å². The molecule has 0 bridgehead atoms.